The molecule has 4 nitrogen and oxygen atoms in total. The van der Waals surface area contributed by atoms with Crippen LogP contribution in [0.4, 0.5) is 0 Å². The molecule has 2 rings (SSSR count). The summed E-state index contributed by atoms with van der Waals surface area (Å²) in [5.74, 6) is 2.74. The van der Waals surface area contributed by atoms with Gasteiger partial charge in [0.1, 0.15) is 11.5 Å². The van der Waals surface area contributed by atoms with Crippen LogP contribution in [-0.2, 0) is 17.8 Å². The Bertz CT molecular complexity index is 430. The normalized spacial score (nSPS) is 23.9. The lowest BCUT2D eigenvalue weighted by atomic mass is 9.95. The number of hydrogen-bond acceptors (Lipinski definition) is 4. The summed E-state index contributed by atoms with van der Waals surface area (Å²) >= 11 is 0. The lowest BCUT2D eigenvalue weighted by Crippen LogP contribution is -2.46. The van der Waals surface area contributed by atoms with E-state index in [0.29, 0.717) is 5.92 Å². The largest absolute Gasteiger partial charge is 0.463 e. The molecule has 1 aliphatic heterocycles. The first kappa shape index (κ1) is 16.5. The van der Waals surface area contributed by atoms with Crippen molar-refractivity contribution in [2.45, 2.75) is 52.3 Å². The minimum Gasteiger partial charge on any atom is -0.463 e. The molecule has 0 spiro atoms. The highest BCUT2D eigenvalue weighted by molar-refractivity contribution is 5.07. The van der Waals surface area contributed by atoms with Gasteiger partial charge in [-0.1, -0.05) is 13.8 Å². The van der Waals surface area contributed by atoms with Crippen LogP contribution >= 0.6 is 0 Å². The zero-order valence-corrected chi connectivity index (χ0v) is 13.9. The second-order valence-corrected chi connectivity index (χ2v) is 6.86. The Balaban J connectivity index is 1.82. The minimum absolute atomic E-state index is 0.00745. The highest BCUT2D eigenvalue weighted by Crippen LogP contribution is 2.25. The Labute approximate surface area is 128 Å². The number of methoxy groups -OCH3 is 1. The molecule has 1 N–H and O–H groups in total. The number of rotatable bonds is 7. The fraction of sp³-hybridized carbons (Fsp3) is 0.765. The van der Waals surface area contributed by atoms with Gasteiger partial charge in [-0.25, -0.2) is 0 Å². The summed E-state index contributed by atoms with van der Waals surface area (Å²) in [5, 5.41) is 3.41. The lowest BCUT2D eigenvalue weighted by molar-refractivity contribution is -0.0539. The molecule has 1 aliphatic rings. The maximum atomic E-state index is 5.93. The average Bonchev–Trinajstić information content (AvgIpc) is 2.86. The van der Waals surface area contributed by atoms with Gasteiger partial charge in [-0.05, 0) is 50.9 Å². The first-order valence-electron chi connectivity index (χ1n) is 8.06. The van der Waals surface area contributed by atoms with Crippen molar-refractivity contribution >= 4 is 0 Å². The molecule has 1 fully saturated rings. The number of piperidine rings is 1. The van der Waals surface area contributed by atoms with Gasteiger partial charge >= 0.3 is 0 Å². The van der Waals surface area contributed by atoms with E-state index in [9.17, 15) is 0 Å². The van der Waals surface area contributed by atoms with Crippen LogP contribution in [0, 0.1) is 5.92 Å². The van der Waals surface area contributed by atoms with Gasteiger partial charge in [-0.15, -0.1) is 0 Å². The summed E-state index contributed by atoms with van der Waals surface area (Å²) < 4.78 is 11.6. The molecule has 0 saturated carbocycles. The van der Waals surface area contributed by atoms with Gasteiger partial charge in [0.15, 0.2) is 0 Å². The summed E-state index contributed by atoms with van der Waals surface area (Å²) in [7, 11) is 1.81. The summed E-state index contributed by atoms with van der Waals surface area (Å²) in [4.78, 5) is 2.43. The molecule has 0 amide bonds. The van der Waals surface area contributed by atoms with E-state index < -0.39 is 0 Å². The summed E-state index contributed by atoms with van der Waals surface area (Å²) in [6, 6.07) is 4.19. The fourth-order valence-electron chi connectivity index (χ4n) is 2.92. The maximum absolute atomic E-state index is 5.93. The standard InChI is InChI=1S/C17H30N2O2/c1-14(2)10-18-11-15-6-7-16(21-15)12-19-9-5-8-17(3,13-19)20-4/h6-7,14,18H,5,8-13H2,1-4H3. The minimum atomic E-state index is -0.00745. The molecule has 0 radical (unpaired) electrons. The van der Waals surface area contributed by atoms with Gasteiger partial charge in [-0.3, -0.25) is 4.90 Å². The van der Waals surface area contributed by atoms with E-state index in [0.717, 1.165) is 50.7 Å². The van der Waals surface area contributed by atoms with E-state index >= 15 is 0 Å². The molecule has 21 heavy (non-hydrogen) atoms. The van der Waals surface area contributed by atoms with E-state index in [2.05, 4.69) is 43.1 Å². The quantitative estimate of drug-likeness (QED) is 0.839. The Morgan fingerprint density at radius 2 is 2.14 bits per heavy atom. The van der Waals surface area contributed by atoms with Crippen LogP contribution in [0.3, 0.4) is 0 Å². The molecule has 1 aromatic heterocycles. The highest BCUT2D eigenvalue weighted by atomic mass is 16.5. The topological polar surface area (TPSA) is 37.6 Å². The van der Waals surface area contributed by atoms with Crippen molar-refractivity contribution in [3.63, 3.8) is 0 Å². The fourth-order valence-corrected chi connectivity index (χ4v) is 2.92. The van der Waals surface area contributed by atoms with Crippen molar-refractivity contribution in [1.82, 2.24) is 10.2 Å². The second kappa shape index (κ2) is 7.43. The van der Waals surface area contributed by atoms with Crippen molar-refractivity contribution < 1.29 is 9.15 Å². The van der Waals surface area contributed by atoms with Crippen LogP contribution in [0.15, 0.2) is 16.5 Å². The van der Waals surface area contributed by atoms with Crippen molar-refractivity contribution in [3.8, 4) is 0 Å². The molecule has 1 unspecified atom stereocenters. The number of ether oxygens (including phenoxy) is 1. The maximum Gasteiger partial charge on any atom is 0.118 e. The molecule has 4 heteroatoms. The third-order valence-corrected chi connectivity index (χ3v) is 4.18. The van der Waals surface area contributed by atoms with Crippen molar-refractivity contribution in [1.29, 1.82) is 0 Å². The molecule has 0 bridgehead atoms. The Morgan fingerprint density at radius 1 is 1.38 bits per heavy atom. The van der Waals surface area contributed by atoms with Crippen LogP contribution in [0.2, 0.25) is 0 Å². The van der Waals surface area contributed by atoms with Gasteiger partial charge < -0.3 is 14.5 Å². The zero-order chi connectivity index (χ0) is 15.3. The van der Waals surface area contributed by atoms with Crippen LogP contribution in [0.25, 0.3) is 0 Å². The number of nitrogens with one attached hydrogen (secondary N) is 1. The van der Waals surface area contributed by atoms with E-state index in [-0.39, 0.29) is 5.60 Å². The van der Waals surface area contributed by atoms with Crippen molar-refractivity contribution in [2.24, 2.45) is 5.92 Å². The first-order chi connectivity index (χ1) is 10.0. The van der Waals surface area contributed by atoms with Gasteiger partial charge in [0.25, 0.3) is 0 Å². The number of nitrogens with zero attached hydrogens (tertiary/aromatic N) is 1. The van der Waals surface area contributed by atoms with Gasteiger partial charge in [0, 0.05) is 13.7 Å². The summed E-state index contributed by atoms with van der Waals surface area (Å²) in [6.07, 6.45) is 2.33. The van der Waals surface area contributed by atoms with E-state index in [1.165, 1.54) is 6.42 Å². The first-order valence-corrected chi connectivity index (χ1v) is 8.06. The van der Waals surface area contributed by atoms with Crippen LogP contribution < -0.4 is 5.32 Å². The Morgan fingerprint density at radius 3 is 2.86 bits per heavy atom. The second-order valence-electron chi connectivity index (χ2n) is 6.86. The molecule has 1 aromatic rings. The predicted octanol–water partition coefficient (Wildman–Crippen LogP) is 3.03. The predicted molar refractivity (Wildman–Crippen MR) is 85.2 cm³/mol. The average molecular weight is 294 g/mol. The number of hydrogen-bond donors (Lipinski definition) is 1. The van der Waals surface area contributed by atoms with Gasteiger partial charge in [0.2, 0.25) is 0 Å². The number of furan rings is 1. The lowest BCUT2D eigenvalue weighted by Gasteiger charge is -2.39. The van der Waals surface area contributed by atoms with E-state index in [4.69, 9.17) is 9.15 Å². The van der Waals surface area contributed by atoms with E-state index in [1.54, 1.807) is 0 Å². The van der Waals surface area contributed by atoms with Crippen LogP contribution in [-0.4, -0.2) is 37.2 Å². The highest BCUT2D eigenvalue weighted by Gasteiger charge is 2.30. The zero-order valence-electron chi connectivity index (χ0n) is 13.9. The molecule has 120 valence electrons. The molecule has 2 heterocycles. The Kier molecular flexibility index (Phi) is 5.85. The van der Waals surface area contributed by atoms with Crippen molar-refractivity contribution in [2.75, 3.05) is 26.7 Å². The summed E-state index contributed by atoms with van der Waals surface area (Å²) in [6.45, 7) is 11.4. The van der Waals surface area contributed by atoms with E-state index in [1.807, 2.05) is 7.11 Å². The molecular formula is C17H30N2O2. The SMILES string of the molecule is COC1(C)CCCN(Cc2ccc(CNCC(C)C)o2)C1. The monoisotopic (exact) mass is 294 g/mol. The third kappa shape index (κ3) is 5.13. The van der Waals surface area contributed by atoms with Crippen LogP contribution in [0.1, 0.15) is 45.1 Å². The smallest absolute Gasteiger partial charge is 0.118 e. The molecule has 0 aliphatic carbocycles. The van der Waals surface area contributed by atoms with Gasteiger partial charge in [-0.2, -0.15) is 0 Å². The third-order valence-electron chi connectivity index (χ3n) is 4.18. The molecular weight excluding hydrogens is 264 g/mol. The Hall–Kier alpha value is -0.840. The molecule has 1 saturated heterocycles. The van der Waals surface area contributed by atoms with Gasteiger partial charge in [0.05, 0.1) is 18.7 Å². The molecule has 0 aromatic carbocycles. The van der Waals surface area contributed by atoms with Crippen LogP contribution in [0.5, 0.6) is 0 Å². The number of likely N-dealkylation sites (tertiary alicyclic amines) is 1. The van der Waals surface area contributed by atoms with Crippen molar-refractivity contribution in [3.05, 3.63) is 23.7 Å². The molecule has 1 atom stereocenters. The summed E-state index contributed by atoms with van der Waals surface area (Å²) in [5.41, 5.74) is -0.00745.